The second-order valence-corrected chi connectivity index (χ2v) is 4.51. The second kappa shape index (κ2) is 4.94. The Kier molecular flexibility index (Phi) is 3.52. The molecular weight excluding hydrogens is 239 g/mol. The fraction of sp³-hybridized carbons (Fsp3) is 0.462. The second-order valence-electron chi connectivity index (χ2n) is 4.51. The molecule has 0 spiro atoms. The summed E-state index contributed by atoms with van der Waals surface area (Å²) < 4.78 is 23.8. The highest BCUT2D eigenvalue weighted by Gasteiger charge is 2.42. The van der Waals surface area contributed by atoms with Gasteiger partial charge in [0.25, 0.3) is 0 Å². The van der Waals surface area contributed by atoms with E-state index in [0.29, 0.717) is 30.9 Å². The summed E-state index contributed by atoms with van der Waals surface area (Å²) in [5, 5.41) is 8.78. The van der Waals surface area contributed by atoms with Crippen molar-refractivity contribution in [2.45, 2.75) is 18.3 Å². The van der Waals surface area contributed by atoms with Crippen molar-refractivity contribution in [1.82, 2.24) is 0 Å². The fourth-order valence-corrected chi connectivity index (χ4v) is 2.22. The first-order chi connectivity index (χ1) is 8.57. The van der Waals surface area contributed by atoms with Gasteiger partial charge in [-0.05, 0) is 24.6 Å². The molecule has 0 bridgehead atoms. The van der Waals surface area contributed by atoms with Crippen molar-refractivity contribution < 1.29 is 23.8 Å². The average Bonchev–Trinajstić information content (AvgIpc) is 2.27. The minimum Gasteiger partial charge on any atom is -0.496 e. The molecule has 1 aromatic rings. The summed E-state index contributed by atoms with van der Waals surface area (Å²) in [7, 11) is 1.52. The first kappa shape index (κ1) is 12.8. The Morgan fingerprint density at radius 2 is 2.28 bits per heavy atom. The first-order valence-corrected chi connectivity index (χ1v) is 5.71. The molecule has 0 aromatic heterocycles. The lowest BCUT2D eigenvalue weighted by molar-refractivity contribution is -0.139. The molecule has 0 aliphatic carbocycles. The summed E-state index contributed by atoms with van der Waals surface area (Å²) >= 11 is 0. The standard InChI is InChI=1S/C13H15FO4/c1-17-11-3-2-9(14)6-10(11)13(7-18-8-13)5-4-12(15)16/h2-3,6H,4-5,7-8H2,1H3,(H,15,16). The molecule has 1 heterocycles. The van der Waals surface area contributed by atoms with E-state index >= 15 is 0 Å². The zero-order valence-electron chi connectivity index (χ0n) is 10.1. The maximum absolute atomic E-state index is 13.4. The van der Waals surface area contributed by atoms with Gasteiger partial charge in [0.2, 0.25) is 0 Å². The molecule has 5 heteroatoms. The van der Waals surface area contributed by atoms with Crippen molar-refractivity contribution >= 4 is 5.97 Å². The molecule has 0 atom stereocenters. The minimum atomic E-state index is -0.864. The zero-order valence-corrected chi connectivity index (χ0v) is 10.1. The van der Waals surface area contributed by atoms with E-state index in [-0.39, 0.29) is 12.2 Å². The van der Waals surface area contributed by atoms with Gasteiger partial charge in [-0.2, -0.15) is 0 Å². The van der Waals surface area contributed by atoms with E-state index < -0.39 is 11.4 Å². The number of ether oxygens (including phenoxy) is 2. The van der Waals surface area contributed by atoms with Crippen LogP contribution in [0.25, 0.3) is 0 Å². The summed E-state index contributed by atoms with van der Waals surface area (Å²) in [4.78, 5) is 10.7. The third kappa shape index (κ3) is 2.31. The van der Waals surface area contributed by atoms with E-state index in [4.69, 9.17) is 14.6 Å². The quantitative estimate of drug-likeness (QED) is 0.872. The SMILES string of the molecule is COc1ccc(F)cc1C1(CCC(=O)O)COC1. The summed E-state index contributed by atoms with van der Waals surface area (Å²) in [5.41, 5.74) is 0.253. The van der Waals surface area contributed by atoms with E-state index in [1.165, 1.54) is 19.2 Å². The predicted molar refractivity (Wildman–Crippen MR) is 62.3 cm³/mol. The van der Waals surface area contributed by atoms with Crippen molar-refractivity contribution in [2.24, 2.45) is 0 Å². The van der Waals surface area contributed by atoms with E-state index in [1.54, 1.807) is 6.07 Å². The molecule has 0 radical (unpaired) electrons. The third-order valence-corrected chi connectivity index (χ3v) is 3.31. The van der Waals surface area contributed by atoms with Crippen molar-refractivity contribution in [3.63, 3.8) is 0 Å². The molecule has 1 N–H and O–H groups in total. The van der Waals surface area contributed by atoms with Crippen LogP contribution in [-0.2, 0) is 14.9 Å². The Balaban J connectivity index is 2.31. The van der Waals surface area contributed by atoms with E-state index in [9.17, 15) is 9.18 Å². The largest absolute Gasteiger partial charge is 0.496 e. The lowest BCUT2D eigenvalue weighted by atomic mass is 9.74. The van der Waals surface area contributed by atoms with Gasteiger partial charge in [0, 0.05) is 17.4 Å². The van der Waals surface area contributed by atoms with Crippen molar-refractivity contribution in [1.29, 1.82) is 0 Å². The van der Waals surface area contributed by atoms with Gasteiger partial charge >= 0.3 is 5.97 Å². The fourth-order valence-electron chi connectivity index (χ4n) is 2.22. The van der Waals surface area contributed by atoms with Gasteiger partial charge in [-0.3, -0.25) is 4.79 Å². The van der Waals surface area contributed by atoms with Crippen molar-refractivity contribution in [2.75, 3.05) is 20.3 Å². The molecule has 0 unspecified atom stereocenters. The Labute approximate surface area is 104 Å². The molecule has 0 saturated carbocycles. The van der Waals surface area contributed by atoms with Crippen LogP contribution in [0.5, 0.6) is 5.75 Å². The Morgan fingerprint density at radius 1 is 1.56 bits per heavy atom. The Morgan fingerprint density at radius 3 is 2.78 bits per heavy atom. The van der Waals surface area contributed by atoms with Gasteiger partial charge in [0.15, 0.2) is 0 Å². The number of carboxylic acid groups (broad SMARTS) is 1. The summed E-state index contributed by atoms with van der Waals surface area (Å²) in [6, 6.07) is 4.29. The number of aliphatic carboxylic acids is 1. The molecule has 1 aliphatic rings. The minimum absolute atomic E-state index is 0.0308. The van der Waals surface area contributed by atoms with Gasteiger partial charge in [0.1, 0.15) is 11.6 Å². The highest BCUT2D eigenvalue weighted by atomic mass is 19.1. The van der Waals surface area contributed by atoms with Crippen LogP contribution in [0, 0.1) is 5.82 Å². The summed E-state index contributed by atoms with van der Waals surface area (Å²) in [6.07, 6.45) is 0.450. The molecule has 18 heavy (non-hydrogen) atoms. The molecule has 2 rings (SSSR count). The number of carboxylic acids is 1. The Bertz CT molecular complexity index is 454. The van der Waals surface area contributed by atoms with E-state index in [1.807, 2.05) is 0 Å². The monoisotopic (exact) mass is 254 g/mol. The van der Waals surface area contributed by atoms with Gasteiger partial charge in [-0.15, -0.1) is 0 Å². The first-order valence-electron chi connectivity index (χ1n) is 5.71. The van der Waals surface area contributed by atoms with Crippen LogP contribution in [-0.4, -0.2) is 31.4 Å². The lowest BCUT2D eigenvalue weighted by Gasteiger charge is -2.42. The number of rotatable bonds is 5. The number of benzene rings is 1. The molecule has 1 saturated heterocycles. The van der Waals surface area contributed by atoms with E-state index in [0.717, 1.165) is 0 Å². The molecular formula is C13H15FO4. The number of halogens is 1. The number of methoxy groups -OCH3 is 1. The van der Waals surface area contributed by atoms with Crippen LogP contribution < -0.4 is 4.74 Å². The van der Waals surface area contributed by atoms with Crippen LogP contribution in [0.3, 0.4) is 0 Å². The smallest absolute Gasteiger partial charge is 0.303 e. The molecule has 0 amide bonds. The van der Waals surface area contributed by atoms with Crippen LogP contribution >= 0.6 is 0 Å². The molecule has 1 aliphatic heterocycles. The van der Waals surface area contributed by atoms with Gasteiger partial charge < -0.3 is 14.6 Å². The van der Waals surface area contributed by atoms with Crippen LogP contribution in [0.15, 0.2) is 18.2 Å². The van der Waals surface area contributed by atoms with Crippen LogP contribution in [0.1, 0.15) is 18.4 Å². The number of hydrogen-bond acceptors (Lipinski definition) is 3. The van der Waals surface area contributed by atoms with Gasteiger partial charge in [-0.25, -0.2) is 4.39 Å². The zero-order chi connectivity index (χ0) is 13.2. The highest BCUT2D eigenvalue weighted by Crippen LogP contribution is 2.41. The van der Waals surface area contributed by atoms with Gasteiger partial charge in [0.05, 0.1) is 20.3 Å². The third-order valence-electron chi connectivity index (χ3n) is 3.31. The predicted octanol–water partition coefficient (Wildman–Crippen LogP) is 1.97. The highest BCUT2D eigenvalue weighted by molar-refractivity contribution is 5.67. The average molecular weight is 254 g/mol. The number of carbonyl (C=O) groups is 1. The lowest BCUT2D eigenvalue weighted by Crippen LogP contribution is -2.47. The van der Waals surface area contributed by atoms with Crippen LogP contribution in [0.2, 0.25) is 0 Å². The normalized spacial score (nSPS) is 17.0. The maximum atomic E-state index is 13.4. The molecule has 1 aromatic carbocycles. The van der Waals surface area contributed by atoms with Crippen molar-refractivity contribution in [3.05, 3.63) is 29.6 Å². The maximum Gasteiger partial charge on any atom is 0.303 e. The number of hydrogen-bond donors (Lipinski definition) is 1. The molecule has 1 fully saturated rings. The molecule has 98 valence electrons. The van der Waals surface area contributed by atoms with Crippen LogP contribution in [0.4, 0.5) is 4.39 Å². The molecule has 4 nitrogen and oxygen atoms in total. The van der Waals surface area contributed by atoms with E-state index in [2.05, 4.69) is 0 Å². The summed E-state index contributed by atoms with van der Waals surface area (Å²) in [5.74, 6) is -0.644. The Hall–Kier alpha value is -1.62. The van der Waals surface area contributed by atoms with Crippen molar-refractivity contribution in [3.8, 4) is 5.75 Å². The topological polar surface area (TPSA) is 55.8 Å². The van der Waals surface area contributed by atoms with Gasteiger partial charge in [-0.1, -0.05) is 0 Å². The summed E-state index contributed by atoms with van der Waals surface area (Å²) in [6.45, 7) is 0.806.